The highest BCUT2D eigenvalue weighted by Gasteiger charge is 2.32. The molecule has 2 heterocycles. The summed E-state index contributed by atoms with van der Waals surface area (Å²) < 4.78 is 32.0. The predicted molar refractivity (Wildman–Crippen MR) is 72.6 cm³/mol. The van der Waals surface area contributed by atoms with Crippen LogP contribution >= 0.6 is 38.9 Å². The van der Waals surface area contributed by atoms with Crippen molar-refractivity contribution in [1.29, 1.82) is 0 Å². The predicted octanol–water partition coefficient (Wildman–Crippen LogP) is 1.55. The van der Waals surface area contributed by atoms with Crippen LogP contribution in [0, 0.1) is 0 Å². The van der Waals surface area contributed by atoms with E-state index in [1.54, 1.807) is 0 Å². The zero-order chi connectivity index (χ0) is 13.3. The molecule has 5 nitrogen and oxygen atoms in total. The third-order valence-electron chi connectivity index (χ3n) is 2.52. The van der Waals surface area contributed by atoms with Crippen molar-refractivity contribution in [2.75, 3.05) is 26.3 Å². The van der Waals surface area contributed by atoms with Crippen molar-refractivity contribution < 1.29 is 18.3 Å². The van der Waals surface area contributed by atoms with Gasteiger partial charge in [0.05, 0.1) is 28.1 Å². The molecule has 1 aliphatic rings. The average molecular weight is 377 g/mol. The van der Waals surface area contributed by atoms with Crippen molar-refractivity contribution in [3.05, 3.63) is 14.9 Å². The molecule has 18 heavy (non-hydrogen) atoms. The van der Waals surface area contributed by atoms with E-state index in [2.05, 4.69) is 15.9 Å². The smallest absolute Gasteiger partial charge is 0.252 e. The fraction of sp³-hybridized carbons (Fsp3) is 0.556. The second kappa shape index (κ2) is 5.74. The molecule has 102 valence electrons. The number of sulfonamides is 1. The Hall–Kier alpha value is 0.300. The lowest BCUT2D eigenvalue weighted by atomic mass is 10.3. The first-order valence-electron chi connectivity index (χ1n) is 5.12. The van der Waals surface area contributed by atoms with Crippen molar-refractivity contribution in [3.63, 3.8) is 0 Å². The van der Waals surface area contributed by atoms with E-state index in [4.69, 9.17) is 21.4 Å². The van der Waals surface area contributed by atoms with Crippen molar-refractivity contribution >= 4 is 48.9 Å². The SMILES string of the molecule is O=S(=O)(c1cc(Cl)c(Br)s1)N1CCOC(CO)C1. The molecule has 0 amide bonds. The summed E-state index contributed by atoms with van der Waals surface area (Å²) in [5, 5.41) is 9.40. The topological polar surface area (TPSA) is 66.8 Å². The number of aliphatic hydroxyl groups excluding tert-OH is 1. The minimum Gasteiger partial charge on any atom is -0.394 e. The van der Waals surface area contributed by atoms with Crippen LogP contribution in [-0.2, 0) is 14.8 Å². The van der Waals surface area contributed by atoms with Crippen LogP contribution in [0.25, 0.3) is 0 Å². The van der Waals surface area contributed by atoms with Gasteiger partial charge < -0.3 is 9.84 Å². The van der Waals surface area contributed by atoms with Gasteiger partial charge in [0.1, 0.15) is 4.21 Å². The lowest BCUT2D eigenvalue weighted by molar-refractivity contribution is -0.0304. The molecule has 0 bridgehead atoms. The van der Waals surface area contributed by atoms with Crippen molar-refractivity contribution in [2.24, 2.45) is 0 Å². The molecule has 1 aromatic heterocycles. The molecule has 1 atom stereocenters. The number of hydrogen-bond donors (Lipinski definition) is 1. The molecule has 0 aromatic carbocycles. The Balaban J connectivity index is 2.25. The zero-order valence-electron chi connectivity index (χ0n) is 9.17. The molecule has 1 fully saturated rings. The number of halogens is 2. The lowest BCUT2D eigenvalue weighted by Gasteiger charge is -2.30. The fourth-order valence-corrected chi connectivity index (χ4v) is 5.61. The summed E-state index contributed by atoms with van der Waals surface area (Å²) in [5.41, 5.74) is 0. The molecule has 2 rings (SSSR count). The number of morpholine rings is 1. The molecule has 0 aliphatic carbocycles. The lowest BCUT2D eigenvalue weighted by Crippen LogP contribution is -2.46. The van der Waals surface area contributed by atoms with E-state index < -0.39 is 16.1 Å². The van der Waals surface area contributed by atoms with Gasteiger partial charge in [0.25, 0.3) is 10.0 Å². The van der Waals surface area contributed by atoms with Crippen LogP contribution in [0.1, 0.15) is 0 Å². The van der Waals surface area contributed by atoms with E-state index in [1.807, 2.05) is 0 Å². The Bertz CT molecular complexity index is 513. The highest BCUT2D eigenvalue weighted by atomic mass is 79.9. The zero-order valence-corrected chi connectivity index (χ0v) is 13.1. The molecular formula is C9H11BrClNO4S2. The highest BCUT2D eigenvalue weighted by molar-refractivity contribution is 9.11. The first kappa shape index (κ1) is 14.7. The molecule has 1 unspecified atom stereocenters. The fourth-order valence-electron chi connectivity index (χ4n) is 1.60. The Morgan fingerprint density at radius 1 is 1.67 bits per heavy atom. The molecule has 0 radical (unpaired) electrons. The molecule has 1 aromatic rings. The molecule has 1 N–H and O–H groups in total. The van der Waals surface area contributed by atoms with E-state index in [1.165, 1.54) is 10.4 Å². The first-order valence-corrected chi connectivity index (χ1v) is 8.55. The van der Waals surface area contributed by atoms with Crippen molar-refractivity contribution in [3.8, 4) is 0 Å². The second-order valence-electron chi connectivity index (χ2n) is 3.73. The number of nitrogens with zero attached hydrogens (tertiary/aromatic N) is 1. The number of aliphatic hydroxyl groups is 1. The van der Waals surface area contributed by atoms with Crippen LogP contribution in [0.2, 0.25) is 5.02 Å². The minimum absolute atomic E-state index is 0.159. The maximum absolute atomic E-state index is 12.3. The highest BCUT2D eigenvalue weighted by Crippen LogP contribution is 2.36. The summed E-state index contributed by atoms with van der Waals surface area (Å²) in [4.78, 5) is 0. The Kier molecular flexibility index (Phi) is 4.69. The third-order valence-corrected chi connectivity index (χ3v) is 7.31. The van der Waals surface area contributed by atoms with Gasteiger partial charge in [-0.3, -0.25) is 0 Å². The quantitative estimate of drug-likeness (QED) is 0.869. The standard InChI is InChI=1S/C9H11BrClNO4S2/c10-9-7(11)3-8(17-9)18(14,15)12-1-2-16-6(4-12)5-13/h3,6,13H,1-2,4-5H2. The van der Waals surface area contributed by atoms with Gasteiger partial charge in [0, 0.05) is 13.1 Å². The van der Waals surface area contributed by atoms with Gasteiger partial charge in [0.15, 0.2) is 0 Å². The van der Waals surface area contributed by atoms with E-state index in [0.29, 0.717) is 8.81 Å². The van der Waals surface area contributed by atoms with Crippen LogP contribution in [-0.4, -0.2) is 50.2 Å². The van der Waals surface area contributed by atoms with Crippen molar-refractivity contribution in [1.82, 2.24) is 4.31 Å². The van der Waals surface area contributed by atoms with Gasteiger partial charge in [-0.2, -0.15) is 4.31 Å². The van der Waals surface area contributed by atoms with Gasteiger partial charge in [-0.1, -0.05) is 11.6 Å². The maximum Gasteiger partial charge on any atom is 0.252 e. The van der Waals surface area contributed by atoms with Crippen LogP contribution in [0.3, 0.4) is 0 Å². The third kappa shape index (κ3) is 2.90. The maximum atomic E-state index is 12.3. The van der Waals surface area contributed by atoms with Gasteiger partial charge in [-0.05, 0) is 22.0 Å². The van der Waals surface area contributed by atoms with E-state index in [-0.39, 0.29) is 30.5 Å². The second-order valence-corrected chi connectivity index (χ2v) is 8.67. The van der Waals surface area contributed by atoms with Crippen LogP contribution < -0.4 is 0 Å². The summed E-state index contributed by atoms with van der Waals surface area (Å²) in [6.07, 6.45) is -0.465. The number of ether oxygens (including phenoxy) is 1. The number of hydrogen-bond acceptors (Lipinski definition) is 5. The molecule has 0 spiro atoms. The molecular weight excluding hydrogens is 366 g/mol. The van der Waals surface area contributed by atoms with Crippen LogP contribution in [0.4, 0.5) is 0 Å². The largest absolute Gasteiger partial charge is 0.394 e. The summed E-state index contributed by atoms with van der Waals surface area (Å²) in [6.45, 7) is 0.531. The summed E-state index contributed by atoms with van der Waals surface area (Å²) >= 11 is 10.1. The average Bonchev–Trinajstić information content (AvgIpc) is 2.70. The van der Waals surface area contributed by atoms with Gasteiger partial charge in [-0.25, -0.2) is 8.42 Å². The number of rotatable bonds is 3. The summed E-state index contributed by atoms with van der Waals surface area (Å²) in [6, 6.07) is 1.43. The molecule has 0 saturated carbocycles. The molecule has 1 saturated heterocycles. The Morgan fingerprint density at radius 3 is 2.94 bits per heavy atom. The number of thiophene rings is 1. The molecule has 1 aliphatic heterocycles. The van der Waals surface area contributed by atoms with Gasteiger partial charge in [0.2, 0.25) is 0 Å². The summed E-state index contributed by atoms with van der Waals surface area (Å²) in [5.74, 6) is 0. The van der Waals surface area contributed by atoms with Crippen molar-refractivity contribution in [2.45, 2.75) is 10.3 Å². The first-order chi connectivity index (χ1) is 8.45. The van der Waals surface area contributed by atoms with Gasteiger partial charge in [-0.15, -0.1) is 11.3 Å². The van der Waals surface area contributed by atoms with E-state index >= 15 is 0 Å². The Labute approximate surface area is 122 Å². The van der Waals surface area contributed by atoms with Crippen LogP contribution in [0.5, 0.6) is 0 Å². The summed E-state index contributed by atoms with van der Waals surface area (Å²) in [7, 11) is -3.56. The van der Waals surface area contributed by atoms with E-state index in [9.17, 15) is 8.42 Å². The minimum atomic E-state index is -3.56. The van der Waals surface area contributed by atoms with E-state index in [0.717, 1.165) is 11.3 Å². The van der Waals surface area contributed by atoms with Gasteiger partial charge >= 0.3 is 0 Å². The molecule has 9 heteroatoms. The monoisotopic (exact) mass is 375 g/mol. The Morgan fingerprint density at radius 2 is 2.39 bits per heavy atom. The normalized spacial score (nSPS) is 22.3. The van der Waals surface area contributed by atoms with Crippen LogP contribution in [0.15, 0.2) is 14.1 Å².